The molecule has 2 aromatic rings. The number of aliphatic hydroxyl groups is 1. The highest BCUT2D eigenvalue weighted by Crippen LogP contribution is 2.11. The fourth-order valence-corrected chi connectivity index (χ4v) is 1.70. The number of hydrogen-bond donors (Lipinski definition) is 2. The number of carbonyl (C=O) groups is 1. The maximum Gasteiger partial charge on any atom is 0.248 e. The molecule has 0 aliphatic rings. The standard InChI is InChI=1S/C15H13ClN2O2/c16-14-6-4-11(9-17-14)5-7-15(20)18-13-3-1-2-12(8-13)10-19/h1-9,19H,10H2,(H,18,20)/b7-5+. The molecule has 0 unspecified atom stereocenters. The van der Waals surface area contributed by atoms with Gasteiger partial charge in [0.15, 0.2) is 0 Å². The Morgan fingerprint density at radius 2 is 2.20 bits per heavy atom. The molecular formula is C15H13ClN2O2. The Morgan fingerprint density at radius 1 is 1.35 bits per heavy atom. The van der Waals surface area contributed by atoms with Gasteiger partial charge < -0.3 is 10.4 Å². The summed E-state index contributed by atoms with van der Waals surface area (Å²) in [5, 5.41) is 12.2. The van der Waals surface area contributed by atoms with Gasteiger partial charge >= 0.3 is 0 Å². The van der Waals surface area contributed by atoms with Gasteiger partial charge in [-0.2, -0.15) is 0 Å². The van der Waals surface area contributed by atoms with Crippen LogP contribution in [0.25, 0.3) is 6.08 Å². The predicted octanol–water partition coefficient (Wildman–Crippen LogP) is 2.88. The van der Waals surface area contributed by atoms with Gasteiger partial charge in [0.2, 0.25) is 5.91 Å². The van der Waals surface area contributed by atoms with Gasteiger partial charge in [-0.1, -0.05) is 29.8 Å². The van der Waals surface area contributed by atoms with E-state index in [-0.39, 0.29) is 12.5 Å². The van der Waals surface area contributed by atoms with Gasteiger partial charge in [-0.15, -0.1) is 0 Å². The van der Waals surface area contributed by atoms with Crippen molar-refractivity contribution in [1.82, 2.24) is 4.98 Å². The predicted molar refractivity (Wildman–Crippen MR) is 79.3 cm³/mol. The molecule has 0 spiro atoms. The van der Waals surface area contributed by atoms with Crippen molar-refractivity contribution < 1.29 is 9.90 Å². The van der Waals surface area contributed by atoms with Crippen molar-refractivity contribution in [1.29, 1.82) is 0 Å². The topological polar surface area (TPSA) is 62.2 Å². The zero-order valence-corrected chi connectivity index (χ0v) is 11.3. The number of amides is 1. The number of aliphatic hydroxyl groups excluding tert-OH is 1. The Kier molecular flexibility index (Phi) is 4.87. The quantitative estimate of drug-likeness (QED) is 0.672. The van der Waals surface area contributed by atoms with Crippen LogP contribution in [-0.2, 0) is 11.4 Å². The van der Waals surface area contributed by atoms with Gasteiger partial charge in [-0.25, -0.2) is 4.98 Å². The van der Waals surface area contributed by atoms with Crippen LogP contribution in [0.5, 0.6) is 0 Å². The highest BCUT2D eigenvalue weighted by atomic mass is 35.5. The summed E-state index contributed by atoms with van der Waals surface area (Å²) in [6.07, 6.45) is 4.64. The lowest BCUT2D eigenvalue weighted by atomic mass is 10.2. The highest BCUT2D eigenvalue weighted by Gasteiger charge is 1.99. The van der Waals surface area contributed by atoms with Crippen molar-refractivity contribution in [2.75, 3.05) is 5.32 Å². The van der Waals surface area contributed by atoms with Crippen molar-refractivity contribution in [3.8, 4) is 0 Å². The van der Waals surface area contributed by atoms with E-state index in [2.05, 4.69) is 10.3 Å². The van der Waals surface area contributed by atoms with Crippen LogP contribution in [0.15, 0.2) is 48.7 Å². The summed E-state index contributed by atoms with van der Waals surface area (Å²) >= 11 is 5.68. The van der Waals surface area contributed by atoms with E-state index in [1.165, 1.54) is 6.08 Å². The molecule has 4 nitrogen and oxygen atoms in total. The second-order valence-corrected chi connectivity index (χ2v) is 4.48. The molecule has 0 aliphatic carbocycles. The van der Waals surface area contributed by atoms with E-state index in [1.54, 1.807) is 48.7 Å². The fourth-order valence-electron chi connectivity index (χ4n) is 1.59. The number of nitrogens with one attached hydrogen (secondary N) is 1. The van der Waals surface area contributed by atoms with Crippen LogP contribution >= 0.6 is 11.6 Å². The number of pyridine rings is 1. The molecule has 20 heavy (non-hydrogen) atoms. The molecule has 1 heterocycles. The third-order valence-corrected chi connectivity index (χ3v) is 2.78. The number of benzene rings is 1. The first kappa shape index (κ1) is 14.2. The summed E-state index contributed by atoms with van der Waals surface area (Å²) in [4.78, 5) is 15.7. The number of hydrogen-bond acceptors (Lipinski definition) is 3. The second kappa shape index (κ2) is 6.84. The number of halogens is 1. The maximum absolute atomic E-state index is 11.7. The first-order chi connectivity index (χ1) is 9.67. The van der Waals surface area contributed by atoms with Gasteiger partial charge in [-0.05, 0) is 35.4 Å². The van der Waals surface area contributed by atoms with Crippen LogP contribution in [0.1, 0.15) is 11.1 Å². The highest BCUT2D eigenvalue weighted by molar-refractivity contribution is 6.29. The number of carbonyl (C=O) groups excluding carboxylic acids is 1. The summed E-state index contributed by atoms with van der Waals surface area (Å²) in [5.74, 6) is -0.255. The number of aromatic nitrogens is 1. The maximum atomic E-state index is 11.7. The molecule has 0 atom stereocenters. The Balaban J connectivity index is 1.99. The van der Waals surface area contributed by atoms with Crippen LogP contribution in [-0.4, -0.2) is 16.0 Å². The Labute approximate surface area is 121 Å². The average molecular weight is 289 g/mol. The minimum Gasteiger partial charge on any atom is -0.392 e. The minimum atomic E-state index is -0.255. The molecule has 0 aliphatic heterocycles. The van der Waals surface area contributed by atoms with Gasteiger partial charge in [-0.3, -0.25) is 4.79 Å². The van der Waals surface area contributed by atoms with Crippen LogP contribution < -0.4 is 5.32 Å². The molecule has 5 heteroatoms. The van der Waals surface area contributed by atoms with Gasteiger partial charge in [0.05, 0.1) is 6.61 Å². The molecule has 102 valence electrons. The van der Waals surface area contributed by atoms with E-state index >= 15 is 0 Å². The average Bonchev–Trinajstić information content (AvgIpc) is 2.47. The zero-order valence-electron chi connectivity index (χ0n) is 10.6. The lowest BCUT2D eigenvalue weighted by Crippen LogP contribution is -2.07. The third-order valence-electron chi connectivity index (χ3n) is 2.55. The molecule has 0 saturated carbocycles. The summed E-state index contributed by atoms with van der Waals surface area (Å²) in [6, 6.07) is 10.5. The third kappa shape index (κ3) is 4.19. The first-order valence-electron chi connectivity index (χ1n) is 5.98. The second-order valence-electron chi connectivity index (χ2n) is 4.10. The van der Waals surface area contributed by atoms with Gasteiger partial charge in [0, 0.05) is 18.0 Å². The largest absolute Gasteiger partial charge is 0.392 e. The van der Waals surface area contributed by atoms with E-state index in [9.17, 15) is 4.79 Å². The number of nitrogens with zero attached hydrogens (tertiary/aromatic N) is 1. The normalized spacial score (nSPS) is 10.7. The SMILES string of the molecule is O=C(/C=C/c1ccc(Cl)nc1)Nc1cccc(CO)c1. The Morgan fingerprint density at radius 3 is 2.90 bits per heavy atom. The molecule has 2 rings (SSSR count). The van der Waals surface area contributed by atoms with Crippen LogP contribution in [0.4, 0.5) is 5.69 Å². The van der Waals surface area contributed by atoms with E-state index in [4.69, 9.17) is 16.7 Å². The van der Waals surface area contributed by atoms with Crippen molar-refractivity contribution in [2.24, 2.45) is 0 Å². The number of anilines is 1. The Bertz CT molecular complexity index is 624. The van der Waals surface area contributed by atoms with E-state index < -0.39 is 0 Å². The summed E-state index contributed by atoms with van der Waals surface area (Å²) < 4.78 is 0. The fraction of sp³-hybridized carbons (Fsp3) is 0.0667. The Hall–Kier alpha value is -2.17. The van der Waals surface area contributed by atoms with E-state index in [0.717, 1.165) is 11.1 Å². The lowest BCUT2D eigenvalue weighted by Gasteiger charge is -2.03. The molecule has 0 saturated heterocycles. The summed E-state index contributed by atoms with van der Waals surface area (Å²) in [7, 11) is 0. The molecule has 0 radical (unpaired) electrons. The van der Waals surface area contributed by atoms with E-state index in [1.807, 2.05) is 0 Å². The van der Waals surface area contributed by atoms with E-state index in [0.29, 0.717) is 10.8 Å². The minimum absolute atomic E-state index is 0.0595. The monoisotopic (exact) mass is 288 g/mol. The molecular weight excluding hydrogens is 276 g/mol. The summed E-state index contributed by atoms with van der Waals surface area (Å²) in [5.41, 5.74) is 2.17. The van der Waals surface area contributed by atoms with Crippen LogP contribution in [0.2, 0.25) is 5.15 Å². The molecule has 2 N–H and O–H groups in total. The molecule has 0 bridgehead atoms. The van der Waals surface area contributed by atoms with Gasteiger partial charge in [0.1, 0.15) is 5.15 Å². The smallest absolute Gasteiger partial charge is 0.248 e. The van der Waals surface area contributed by atoms with Crippen molar-refractivity contribution in [3.05, 3.63) is 65.0 Å². The summed E-state index contributed by atoms with van der Waals surface area (Å²) in [6.45, 7) is -0.0595. The van der Waals surface area contributed by atoms with Crippen molar-refractivity contribution >= 4 is 29.3 Å². The van der Waals surface area contributed by atoms with Crippen molar-refractivity contribution in [2.45, 2.75) is 6.61 Å². The molecule has 0 fully saturated rings. The number of rotatable bonds is 4. The first-order valence-corrected chi connectivity index (χ1v) is 6.35. The zero-order chi connectivity index (χ0) is 14.4. The molecule has 1 aromatic heterocycles. The van der Waals surface area contributed by atoms with Gasteiger partial charge in [0.25, 0.3) is 0 Å². The van der Waals surface area contributed by atoms with Crippen LogP contribution in [0.3, 0.4) is 0 Å². The molecule has 1 amide bonds. The van der Waals surface area contributed by atoms with Crippen LogP contribution in [0, 0.1) is 0 Å². The molecule has 1 aromatic carbocycles. The lowest BCUT2D eigenvalue weighted by molar-refractivity contribution is -0.111. The van der Waals surface area contributed by atoms with Crippen molar-refractivity contribution in [3.63, 3.8) is 0 Å².